The third-order valence-corrected chi connectivity index (χ3v) is 4.20. The van der Waals surface area contributed by atoms with Crippen LogP contribution in [-0.4, -0.2) is 42.1 Å². The number of rotatable bonds is 4. The zero-order valence-corrected chi connectivity index (χ0v) is 14.3. The summed E-state index contributed by atoms with van der Waals surface area (Å²) in [6.45, 7) is 3.22. The van der Waals surface area contributed by atoms with Crippen molar-refractivity contribution in [1.82, 2.24) is 4.90 Å². The van der Waals surface area contributed by atoms with Crippen LogP contribution in [0.25, 0.3) is 0 Å². The molecular weight excluding hydrogens is 342 g/mol. The Hall–Kier alpha value is -3.42. The highest BCUT2D eigenvalue weighted by Crippen LogP contribution is 2.28. The van der Waals surface area contributed by atoms with E-state index < -0.39 is 35.7 Å². The van der Waals surface area contributed by atoms with Crippen molar-refractivity contribution in [3.8, 4) is 0 Å². The molecule has 0 saturated carbocycles. The van der Waals surface area contributed by atoms with Crippen LogP contribution in [0.5, 0.6) is 0 Å². The minimum absolute atomic E-state index is 0.173. The molecule has 0 fully saturated rings. The van der Waals surface area contributed by atoms with Crippen LogP contribution in [0.3, 0.4) is 0 Å². The largest absolute Gasteiger partial charge is 0.464 e. The summed E-state index contributed by atoms with van der Waals surface area (Å²) in [7, 11) is 1.11. The Morgan fingerprint density at radius 3 is 2.15 bits per heavy atom. The molecule has 0 saturated heterocycles. The lowest BCUT2D eigenvalue weighted by Crippen LogP contribution is -2.34. The minimum Gasteiger partial charge on any atom is -0.464 e. The molecule has 134 valence electrons. The van der Waals surface area contributed by atoms with Crippen molar-refractivity contribution in [3.05, 3.63) is 58.5 Å². The maximum atomic E-state index is 12.5. The lowest BCUT2D eigenvalue weighted by atomic mass is 10.1. The molecule has 0 N–H and O–H groups in total. The van der Waals surface area contributed by atoms with E-state index in [0.29, 0.717) is 16.0 Å². The van der Waals surface area contributed by atoms with Gasteiger partial charge in [0.15, 0.2) is 5.70 Å². The number of cyclic esters (lactones) is 1. The average Bonchev–Trinajstić information content (AvgIpc) is 3.04. The summed E-state index contributed by atoms with van der Waals surface area (Å²) in [6, 6.07) is 6.20. The highest BCUT2D eigenvalue weighted by Gasteiger charge is 2.41. The molecule has 1 aromatic rings. The topological polar surface area (TPSA) is 99.2 Å². The van der Waals surface area contributed by atoms with E-state index in [2.05, 4.69) is 4.74 Å². The number of imide groups is 1. The second kappa shape index (κ2) is 6.47. The van der Waals surface area contributed by atoms with Gasteiger partial charge in [0, 0.05) is 11.1 Å². The zero-order valence-electron chi connectivity index (χ0n) is 14.3. The van der Waals surface area contributed by atoms with Crippen LogP contribution in [-0.2, 0) is 23.8 Å². The lowest BCUT2D eigenvalue weighted by Gasteiger charge is -2.17. The van der Waals surface area contributed by atoms with Crippen LogP contribution >= 0.6 is 0 Å². The van der Waals surface area contributed by atoms with Crippen molar-refractivity contribution >= 4 is 23.8 Å². The van der Waals surface area contributed by atoms with Gasteiger partial charge in [0.1, 0.15) is 6.26 Å². The number of esters is 2. The van der Waals surface area contributed by atoms with Crippen molar-refractivity contribution in [2.24, 2.45) is 0 Å². The number of amides is 2. The quantitative estimate of drug-likeness (QED) is 0.349. The Balaban J connectivity index is 1.93. The van der Waals surface area contributed by atoms with Crippen LogP contribution in [0.15, 0.2) is 47.4 Å². The molecule has 26 heavy (non-hydrogen) atoms. The van der Waals surface area contributed by atoms with Gasteiger partial charge in [0.2, 0.25) is 0 Å². The van der Waals surface area contributed by atoms with E-state index in [4.69, 9.17) is 9.47 Å². The maximum Gasteiger partial charge on any atom is 0.358 e. The van der Waals surface area contributed by atoms with E-state index in [-0.39, 0.29) is 11.1 Å². The lowest BCUT2D eigenvalue weighted by molar-refractivity contribution is -0.153. The first-order valence-corrected chi connectivity index (χ1v) is 7.67. The molecule has 2 aliphatic heterocycles. The van der Waals surface area contributed by atoms with Gasteiger partial charge in [-0.1, -0.05) is 12.1 Å². The summed E-state index contributed by atoms with van der Waals surface area (Å²) in [5, 5.41) is 0. The number of nitrogens with zero attached hydrogens (tertiary/aromatic N) is 1. The van der Waals surface area contributed by atoms with E-state index in [1.54, 1.807) is 26.0 Å². The first-order chi connectivity index (χ1) is 12.4. The van der Waals surface area contributed by atoms with Gasteiger partial charge in [-0.05, 0) is 26.0 Å². The van der Waals surface area contributed by atoms with E-state index in [1.165, 1.54) is 12.1 Å². The Labute approximate surface area is 148 Å². The Morgan fingerprint density at radius 1 is 1.12 bits per heavy atom. The zero-order chi connectivity index (χ0) is 19.0. The van der Waals surface area contributed by atoms with E-state index in [1.807, 2.05) is 0 Å². The number of fused-ring (bicyclic) bond motifs is 1. The smallest absolute Gasteiger partial charge is 0.358 e. The van der Waals surface area contributed by atoms with E-state index in [9.17, 15) is 19.2 Å². The number of hydrogen-bond acceptors (Lipinski definition) is 7. The molecule has 0 radical (unpaired) electrons. The van der Waals surface area contributed by atoms with Crippen molar-refractivity contribution in [2.75, 3.05) is 7.11 Å². The third-order valence-electron chi connectivity index (χ3n) is 4.20. The number of carbonyl (C=O) groups excluding carboxylic acids is 4. The summed E-state index contributed by atoms with van der Waals surface area (Å²) >= 11 is 0. The molecule has 0 aliphatic carbocycles. The van der Waals surface area contributed by atoms with Gasteiger partial charge in [-0.3, -0.25) is 9.59 Å². The Morgan fingerprint density at radius 2 is 1.69 bits per heavy atom. The van der Waals surface area contributed by atoms with Crippen LogP contribution < -0.4 is 0 Å². The molecule has 1 atom stereocenters. The molecule has 8 nitrogen and oxygen atoms in total. The second-order valence-electron chi connectivity index (χ2n) is 5.67. The van der Waals surface area contributed by atoms with Gasteiger partial charge in [0.05, 0.1) is 18.2 Å². The molecular formula is C18H15NO7. The number of methoxy groups -OCH3 is 1. The normalized spacial score (nSPS) is 19.7. The molecule has 3 rings (SSSR count). The Bertz CT molecular complexity index is 862. The van der Waals surface area contributed by atoms with Gasteiger partial charge < -0.3 is 14.2 Å². The van der Waals surface area contributed by atoms with E-state index >= 15 is 0 Å². The highest BCUT2D eigenvalue weighted by atomic mass is 16.7. The van der Waals surface area contributed by atoms with Crippen molar-refractivity contribution in [1.29, 1.82) is 0 Å². The fourth-order valence-electron chi connectivity index (χ4n) is 2.57. The average molecular weight is 357 g/mol. The molecule has 2 amide bonds. The number of hydrogen-bond donors (Lipinski definition) is 0. The maximum absolute atomic E-state index is 12.5. The minimum atomic E-state index is -1.04. The molecule has 0 unspecified atom stereocenters. The van der Waals surface area contributed by atoms with Gasteiger partial charge in [0.25, 0.3) is 18.1 Å². The van der Waals surface area contributed by atoms with Crippen molar-refractivity contribution in [2.45, 2.75) is 20.1 Å². The van der Waals surface area contributed by atoms with Gasteiger partial charge in [-0.25, -0.2) is 14.5 Å². The molecule has 0 spiro atoms. The van der Waals surface area contributed by atoms with Gasteiger partial charge >= 0.3 is 11.9 Å². The monoisotopic (exact) mass is 357 g/mol. The summed E-state index contributed by atoms with van der Waals surface area (Å²) < 4.78 is 15.0. The second-order valence-corrected chi connectivity index (χ2v) is 5.67. The third kappa shape index (κ3) is 2.65. The fraction of sp³-hybridized carbons (Fsp3) is 0.222. The molecule has 1 aromatic carbocycles. The van der Waals surface area contributed by atoms with E-state index in [0.717, 1.165) is 13.4 Å². The molecule has 2 heterocycles. The van der Waals surface area contributed by atoms with Crippen LogP contribution in [0.1, 0.15) is 34.6 Å². The highest BCUT2D eigenvalue weighted by molar-refractivity contribution is 6.24. The number of ether oxygens (including phenoxy) is 3. The fourth-order valence-corrected chi connectivity index (χ4v) is 2.57. The Kier molecular flexibility index (Phi) is 4.33. The summed E-state index contributed by atoms with van der Waals surface area (Å²) in [5.74, 6) is -2.82. The van der Waals surface area contributed by atoms with Crippen molar-refractivity contribution < 1.29 is 33.4 Å². The first-order valence-electron chi connectivity index (χ1n) is 7.67. The van der Waals surface area contributed by atoms with Crippen LogP contribution in [0, 0.1) is 0 Å². The predicted octanol–water partition coefficient (Wildman–Crippen LogP) is 1.53. The number of carbonyl (C=O) groups is 4. The van der Waals surface area contributed by atoms with Crippen LogP contribution in [0.2, 0.25) is 0 Å². The van der Waals surface area contributed by atoms with Gasteiger partial charge in [-0.2, -0.15) is 0 Å². The summed E-state index contributed by atoms with van der Waals surface area (Å²) in [4.78, 5) is 49.4. The molecule has 8 heteroatoms. The molecule has 0 bridgehead atoms. The number of benzene rings is 1. The molecule has 0 aromatic heterocycles. The SMILES string of the molecule is COC(=O)/C(=C/O[C@@H]1OC(=O)C(C)=C1C)N1C(=O)c2ccccc2C1=O. The van der Waals surface area contributed by atoms with Crippen molar-refractivity contribution in [3.63, 3.8) is 0 Å². The van der Waals surface area contributed by atoms with Gasteiger partial charge in [-0.15, -0.1) is 0 Å². The summed E-state index contributed by atoms with van der Waals surface area (Å²) in [6.07, 6.45) is -0.148. The first kappa shape index (κ1) is 17.4. The predicted molar refractivity (Wildman–Crippen MR) is 86.4 cm³/mol. The molecule has 2 aliphatic rings. The van der Waals surface area contributed by atoms with Crippen LogP contribution in [0.4, 0.5) is 0 Å². The standard InChI is InChI=1S/C18H15NO7/c1-9-10(2)18(26-16(9)22)25-8-13(17(23)24-3)19-14(20)11-6-4-5-7-12(11)15(19)21/h4-8,18H,1-3H3/b13-8-/t18-/m1/s1. The summed E-state index contributed by atoms with van der Waals surface area (Å²) in [5.41, 5.74) is 0.853.